The van der Waals surface area contributed by atoms with Crippen molar-refractivity contribution in [2.24, 2.45) is 4.99 Å². The number of hydrogen-bond donors (Lipinski definition) is 2. The second kappa shape index (κ2) is 11.6. The lowest BCUT2D eigenvalue weighted by molar-refractivity contribution is -0.130. The zero-order chi connectivity index (χ0) is 19.9. The van der Waals surface area contributed by atoms with E-state index in [1.807, 2.05) is 29.2 Å². The number of hydrogen-bond acceptors (Lipinski definition) is 4. The third-order valence-corrected chi connectivity index (χ3v) is 5.93. The molecule has 1 aromatic heterocycles. The van der Waals surface area contributed by atoms with Crippen molar-refractivity contribution in [3.8, 4) is 0 Å². The van der Waals surface area contributed by atoms with Crippen LogP contribution in [0, 0.1) is 6.92 Å². The quantitative estimate of drug-likeness (QED) is 0.343. The van der Waals surface area contributed by atoms with Gasteiger partial charge in [-0.25, -0.2) is 0 Å². The first-order valence-electron chi connectivity index (χ1n) is 9.33. The van der Waals surface area contributed by atoms with E-state index in [0.29, 0.717) is 25.6 Å². The lowest BCUT2D eigenvalue weighted by Crippen LogP contribution is -2.52. The molecule has 1 aliphatic rings. The zero-order valence-electron chi connectivity index (χ0n) is 16.7. The number of piperazine rings is 1. The number of carbonyl (C=O) groups is 1. The van der Waals surface area contributed by atoms with E-state index in [-0.39, 0.29) is 36.4 Å². The maximum Gasteiger partial charge on any atom is 0.242 e. The topological polar surface area (TPSA) is 60.0 Å². The van der Waals surface area contributed by atoms with Crippen molar-refractivity contribution < 1.29 is 4.79 Å². The smallest absolute Gasteiger partial charge is 0.242 e. The summed E-state index contributed by atoms with van der Waals surface area (Å²) in [6.07, 6.45) is 0. The third kappa shape index (κ3) is 7.04. The molecule has 0 saturated carbocycles. The van der Waals surface area contributed by atoms with Gasteiger partial charge in [0, 0.05) is 53.7 Å². The second-order valence-corrected chi connectivity index (χ2v) is 8.44. The molecule has 0 unspecified atom stereocenters. The molecule has 0 spiro atoms. The number of carbonyl (C=O) groups excluding carboxylic acids is 1. The van der Waals surface area contributed by atoms with E-state index < -0.39 is 0 Å². The molecule has 1 saturated heterocycles. The molecule has 2 aromatic rings. The van der Waals surface area contributed by atoms with Gasteiger partial charge in [0.2, 0.25) is 5.91 Å². The van der Waals surface area contributed by atoms with E-state index in [1.165, 1.54) is 9.75 Å². The van der Waals surface area contributed by atoms with E-state index in [9.17, 15) is 4.79 Å². The molecule has 1 aromatic carbocycles. The molecule has 1 aliphatic heterocycles. The van der Waals surface area contributed by atoms with Gasteiger partial charge in [-0.1, -0.05) is 11.6 Å². The Kier molecular flexibility index (Phi) is 9.51. The van der Waals surface area contributed by atoms with Gasteiger partial charge in [-0.2, -0.15) is 0 Å². The van der Waals surface area contributed by atoms with Gasteiger partial charge in [-0.05, 0) is 43.3 Å². The number of rotatable bonds is 5. The molecular formula is C20H27ClIN5OS. The maximum absolute atomic E-state index is 12.5. The Bertz CT molecular complexity index is 819. The fraction of sp³-hybridized carbons (Fsp3) is 0.400. The molecule has 9 heteroatoms. The van der Waals surface area contributed by atoms with Crippen molar-refractivity contribution in [1.29, 1.82) is 0 Å². The summed E-state index contributed by atoms with van der Waals surface area (Å²) >= 11 is 7.71. The molecule has 2 heterocycles. The highest BCUT2D eigenvalue weighted by molar-refractivity contribution is 14.0. The summed E-state index contributed by atoms with van der Waals surface area (Å²) in [6, 6.07) is 12.0. The Morgan fingerprint density at radius 1 is 1.10 bits per heavy atom. The van der Waals surface area contributed by atoms with Crippen molar-refractivity contribution in [1.82, 2.24) is 15.5 Å². The second-order valence-electron chi connectivity index (χ2n) is 6.64. The molecular weight excluding hydrogens is 521 g/mol. The van der Waals surface area contributed by atoms with Crippen LogP contribution in [0.4, 0.5) is 5.69 Å². The fourth-order valence-corrected chi connectivity index (χ4v) is 4.06. The predicted octanol–water partition coefficient (Wildman–Crippen LogP) is 3.34. The minimum Gasteiger partial charge on any atom is -0.368 e. The first-order chi connectivity index (χ1) is 13.5. The third-order valence-electron chi connectivity index (χ3n) is 4.68. The highest BCUT2D eigenvalue weighted by Gasteiger charge is 2.21. The summed E-state index contributed by atoms with van der Waals surface area (Å²) in [5.74, 6) is 0.727. The fourth-order valence-electron chi connectivity index (χ4n) is 3.11. The van der Waals surface area contributed by atoms with E-state index in [0.717, 1.165) is 23.8 Å². The number of nitrogens with zero attached hydrogens (tertiary/aromatic N) is 3. The highest BCUT2D eigenvalue weighted by Crippen LogP contribution is 2.19. The Balaban J connectivity index is 0.00000300. The van der Waals surface area contributed by atoms with Crippen LogP contribution in [0.15, 0.2) is 41.4 Å². The summed E-state index contributed by atoms with van der Waals surface area (Å²) < 4.78 is 0. The number of thiophene rings is 1. The molecule has 0 radical (unpaired) electrons. The first kappa shape index (κ1) is 23.8. The Morgan fingerprint density at radius 2 is 1.79 bits per heavy atom. The van der Waals surface area contributed by atoms with Gasteiger partial charge in [-0.3, -0.25) is 9.79 Å². The molecule has 6 nitrogen and oxygen atoms in total. The predicted molar refractivity (Wildman–Crippen MR) is 133 cm³/mol. The number of anilines is 1. The number of aryl methyl sites for hydroxylation is 1. The van der Waals surface area contributed by atoms with Gasteiger partial charge in [0.25, 0.3) is 0 Å². The van der Waals surface area contributed by atoms with Crippen LogP contribution in [0.2, 0.25) is 5.02 Å². The average Bonchev–Trinajstić information content (AvgIpc) is 3.14. The van der Waals surface area contributed by atoms with Crippen molar-refractivity contribution in [2.75, 3.05) is 44.7 Å². The summed E-state index contributed by atoms with van der Waals surface area (Å²) in [4.78, 5) is 23.4. The summed E-state index contributed by atoms with van der Waals surface area (Å²) in [7, 11) is 1.71. The van der Waals surface area contributed by atoms with Crippen molar-refractivity contribution >= 4 is 64.5 Å². The van der Waals surface area contributed by atoms with Gasteiger partial charge in [0.15, 0.2) is 5.96 Å². The van der Waals surface area contributed by atoms with Crippen LogP contribution in [0.5, 0.6) is 0 Å². The van der Waals surface area contributed by atoms with Gasteiger partial charge >= 0.3 is 0 Å². The zero-order valence-corrected chi connectivity index (χ0v) is 20.6. The van der Waals surface area contributed by atoms with Crippen LogP contribution in [0.3, 0.4) is 0 Å². The Labute approximate surface area is 198 Å². The number of amides is 1. The number of nitrogens with one attached hydrogen (secondary N) is 2. The highest BCUT2D eigenvalue weighted by atomic mass is 127. The average molecular weight is 548 g/mol. The molecule has 1 amide bonds. The number of halogens is 2. The molecule has 0 atom stereocenters. The van der Waals surface area contributed by atoms with E-state index >= 15 is 0 Å². The maximum atomic E-state index is 12.5. The summed E-state index contributed by atoms with van der Waals surface area (Å²) in [5.41, 5.74) is 1.14. The van der Waals surface area contributed by atoms with Crippen molar-refractivity contribution in [2.45, 2.75) is 13.5 Å². The van der Waals surface area contributed by atoms with Crippen LogP contribution in [-0.2, 0) is 11.3 Å². The van der Waals surface area contributed by atoms with Gasteiger partial charge in [0.05, 0.1) is 13.1 Å². The number of benzene rings is 1. The molecule has 29 heavy (non-hydrogen) atoms. The normalized spacial score (nSPS) is 14.4. The van der Waals surface area contributed by atoms with Crippen molar-refractivity contribution in [3.63, 3.8) is 0 Å². The van der Waals surface area contributed by atoms with Crippen LogP contribution in [0.25, 0.3) is 0 Å². The van der Waals surface area contributed by atoms with Crippen LogP contribution >= 0.6 is 46.9 Å². The van der Waals surface area contributed by atoms with E-state index in [2.05, 4.69) is 39.6 Å². The van der Waals surface area contributed by atoms with Crippen LogP contribution in [0.1, 0.15) is 9.75 Å². The number of guanidine groups is 1. The molecule has 2 N–H and O–H groups in total. The van der Waals surface area contributed by atoms with E-state index in [1.54, 1.807) is 18.4 Å². The van der Waals surface area contributed by atoms with Gasteiger partial charge in [-0.15, -0.1) is 35.3 Å². The van der Waals surface area contributed by atoms with E-state index in [4.69, 9.17) is 11.6 Å². The number of aliphatic imine (C=N–C) groups is 1. The molecule has 0 aliphatic carbocycles. The molecule has 158 valence electrons. The van der Waals surface area contributed by atoms with Crippen LogP contribution in [-0.4, -0.2) is 56.5 Å². The van der Waals surface area contributed by atoms with Gasteiger partial charge < -0.3 is 20.4 Å². The molecule has 1 fully saturated rings. The lowest BCUT2D eigenvalue weighted by atomic mass is 10.2. The molecule has 3 rings (SSSR count). The molecule has 0 bridgehead atoms. The largest absolute Gasteiger partial charge is 0.368 e. The summed E-state index contributed by atoms with van der Waals surface area (Å²) in [5, 5.41) is 7.10. The SMILES string of the molecule is CN=C(NCC(=O)N1CCN(c2ccc(Cl)cc2)CC1)NCc1ccc(C)s1.I. The van der Waals surface area contributed by atoms with Gasteiger partial charge in [0.1, 0.15) is 0 Å². The summed E-state index contributed by atoms with van der Waals surface area (Å²) in [6.45, 7) is 6.09. The lowest BCUT2D eigenvalue weighted by Gasteiger charge is -2.36. The van der Waals surface area contributed by atoms with Crippen LogP contribution < -0.4 is 15.5 Å². The Hall–Kier alpha value is -1.52. The first-order valence-corrected chi connectivity index (χ1v) is 10.5. The minimum atomic E-state index is 0. The Morgan fingerprint density at radius 3 is 2.38 bits per heavy atom. The monoisotopic (exact) mass is 547 g/mol. The standard InChI is InChI=1S/C20H26ClN5OS.HI/c1-15-3-8-18(28-15)13-23-20(22-2)24-14-19(27)26-11-9-25(10-12-26)17-6-4-16(21)5-7-17;/h3-8H,9-14H2,1-2H3,(H2,22,23,24);1H. The minimum absolute atomic E-state index is 0. The van der Waals surface area contributed by atoms with Crippen molar-refractivity contribution in [3.05, 3.63) is 51.2 Å².